The summed E-state index contributed by atoms with van der Waals surface area (Å²) >= 11 is 0. The van der Waals surface area contributed by atoms with Crippen LogP contribution in [0.1, 0.15) is 11.1 Å². The predicted octanol–water partition coefficient (Wildman–Crippen LogP) is 0.700. The summed E-state index contributed by atoms with van der Waals surface area (Å²) in [7, 11) is 3.65. The van der Waals surface area contributed by atoms with Crippen LogP contribution in [-0.2, 0) is 6.32 Å². The molecule has 0 atom stereocenters. The average molecular weight is 159 g/mol. The van der Waals surface area contributed by atoms with Gasteiger partial charge in [0.1, 0.15) is 19.7 Å². The molecule has 0 unspecified atom stereocenters. The molecule has 0 heterocycles. The highest BCUT2D eigenvalue weighted by Gasteiger charge is 2.01. The molecule has 0 fully saturated rings. The molecule has 0 aliphatic heterocycles. The fourth-order valence-electron chi connectivity index (χ4n) is 1.05. The zero-order valence-corrected chi connectivity index (χ0v) is 7.29. The molecule has 0 aliphatic carbocycles. The zero-order valence-electron chi connectivity index (χ0n) is 7.29. The number of hydrogen-bond acceptors (Lipinski definition) is 2. The predicted molar refractivity (Wildman–Crippen MR) is 50.0 cm³/mol. The van der Waals surface area contributed by atoms with E-state index in [1.807, 2.05) is 12.1 Å². The highest BCUT2D eigenvalue weighted by atomic mass is 16.5. The Kier molecular flexibility index (Phi) is 2.76. The molecule has 1 aromatic rings. The summed E-state index contributed by atoms with van der Waals surface area (Å²) in [5.41, 5.74) is 1.78. The number of methoxy groups -OCH3 is 1. The third-order valence-corrected chi connectivity index (χ3v) is 1.79. The molecule has 1 rings (SSSR count). The van der Waals surface area contributed by atoms with Gasteiger partial charge in [0, 0.05) is 0 Å². The van der Waals surface area contributed by atoms with Crippen LogP contribution in [0.5, 0.6) is 5.75 Å². The first kappa shape index (κ1) is 8.67. The number of ether oxygens (including phenoxy) is 1. The molecule has 60 valence electrons. The van der Waals surface area contributed by atoms with Gasteiger partial charge in [0.05, 0.1) is 12.7 Å². The van der Waals surface area contributed by atoms with Crippen molar-refractivity contribution < 1.29 is 4.74 Å². The fourth-order valence-corrected chi connectivity index (χ4v) is 1.05. The zero-order chi connectivity index (χ0) is 8.97. The molecule has 0 saturated carbocycles. The van der Waals surface area contributed by atoms with E-state index in [1.165, 1.54) is 5.56 Å². The maximum atomic E-state index is 8.68. The molecule has 0 N–H and O–H groups in total. The molecule has 0 saturated heterocycles. The second kappa shape index (κ2) is 3.82. The van der Waals surface area contributed by atoms with Crippen molar-refractivity contribution in [2.24, 2.45) is 0 Å². The molecular weight excluding hydrogens is 149 g/mol. The van der Waals surface area contributed by atoms with E-state index >= 15 is 0 Å². The molecule has 0 bridgehead atoms. The van der Waals surface area contributed by atoms with Crippen LogP contribution in [0.25, 0.3) is 0 Å². The molecular formula is C9H10BNO. The summed E-state index contributed by atoms with van der Waals surface area (Å²) in [6.45, 7) is 0. The van der Waals surface area contributed by atoms with E-state index in [-0.39, 0.29) is 0 Å². The van der Waals surface area contributed by atoms with Gasteiger partial charge in [-0.05, 0) is 12.1 Å². The van der Waals surface area contributed by atoms with Crippen molar-refractivity contribution in [2.45, 2.75) is 6.32 Å². The summed E-state index contributed by atoms with van der Waals surface area (Å²) in [6, 6.07) is 7.71. The van der Waals surface area contributed by atoms with Gasteiger partial charge in [-0.3, -0.25) is 0 Å². The van der Waals surface area contributed by atoms with E-state index in [0.29, 0.717) is 11.3 Å². The van der Waals surface area contributed by atoms with E-state index in [0.717, 1.165) is 6.32 Å². The van der Waals surface area contributed by atoms with Crippen molar-refractivity contribution in [1.82, 2.24) is 0 Å². The Labute approximate surface area is 73.2 Å². The fraction of sp³-hybridized carbons (Fsp3) is 0.222. The quantitative estimate of drug-likeness (QED) is 0.595. The third kappa shape index (κ3) is 1.59. The summed E-state index contributed by atoms with van der Waals surface area (Å²) in [6.07, 6.45) is 0.960. The first-order valence-corrected chi connectivity index (χ1v) is 3.88. The number of benzene rings is 1. The third-order valence-electron chi connectivity index (χ3n) is 1.79. The van der Waals surface area contributed by atoms with Crippen molar-refractivity contribution in [3.8, 4) is 11.8 Å². The van der Waals surface area contributed by atoms with Crippen LogP contribution in [0.2, 0.25) is 0 Å². The normalized spacial score (nSPS) is 9.00. The standard InChI is InChI=1S/C9H10BNO/c1-12-9-4-7(5-10)2-3-8(9)6-11/h2-4H,5,10H2,1H3. The molecule has 0 radical (unpaired) electrons. The van der Waals surface area contributed by atoms with Gasteiger partial charge >= 0.3 is 0 Å². The lowest BCUT2D eigenvalue weighted by atomic mass is 9.96. The van der Waals surface area contributed by atoms with Gasteiger partial charge in [0.25, 0.3) is 0 Å². The molecule has 12 heavy (non-hydrogen) atoms. The van der Waals surface area contributed by atoms with Crippen LogP contribution >= 0.6 is 0 Å². The molecule has 3 heteroatoms. The van der Waals surface area contributed by atoms with E-state index in [2.05, 4.69) is 13.9 Å². The van der Waals surface area contributed by atoms with Crippen molar-refractivity contribution in [3.63, 3.8) is 0 Å². The Morgan fingerprint density at radius 1 is 1.58 bits per heavy atom. The molecule has 0 aromatic heterocycles. The molecule has 0 amide bonds. The van der Waals surface area contributed by atoms with Crippen molar-refractivity contribution in [3.05, 3.63) is 29.3 Å². The van der Waals surface area contributed by atoms with Crippen LogP contribution in [0.4, 0.5) is 0 Å². The molecule has 0 spiro atoms. The molecule has 0 aliphatic rings. The molecule has 1 aromatic carbocycles. The molecule has 2 nitrogen and oxygen atoms in total. The summed E-state index contributed by atoms with van der Waals surface area (Å²) in [5.74, 6) is 0.664. The second-order valence-electron chi connectivity index (χ2n) is 2.50. The van der Waals surface area contributed by atoms with Gasteiger partial charge in [0.15, 0.2) is 0 Å². The minimum atomic E-state index is 0.592. The van der Waals surface area contributed by atoms with Crippen LogP contribution in [0.3, 0.4) is 0 Å². The lowest BCUT2D eigenvalue weighted by Crippen LogP contribution is -1.90. The highest BCUT2D eigenvalue weighted by Crippen LogP contribution is 2.18. The number of nitriles is 1. The Bertz CT molecular complexity index is 317. The van der Waals surface area contributed by atoms with Crippen molar-refractivity contribution in [1.29, 1.82) is 5.26 Å². The number of hydrogen-bond donors (Lipinski definition) is 0. The van der Waals surface area contributed by atoms with E-state index in [4.69, 9.17) is 10.00 Å². The van der Waals surface area contributed by atoms with Crippen LogP contribution in [0, 0.1) is 11.3 Å². The highest BCUT2D eigenvalue weighted by molar-refractivity contribution is 6.08. The van der Waals surface area contributed by atoms with Crippen molar-refractivity contribution in [2.75, 3.05) is 7.11 Å². The minimum absolute atomic E-state index is 0.592. The van der Waals surface area contributed by atoms with E-state index in [1.54, 1.807) is 13.2 Å². The van der Waals surface area contributed by atoms with E-state index < -0.39 is 0 Å². The summed E-state index contributed by atoms with van der Waals surface area (Å²) in [4.78, 5) is 0. The lowest BCUT2D eigenvalue weighted by Gasteiger charge is -2.03. The SMILES string of the molecule is BCc1ccc(C#N)c(OC)c1. The first-order valence-electron chi connectivity index (χ1n) is 3.88. The van der Waals surface area contributed by atoms with E-state index in [9.17, 15) is 0 Å². The van der Waals surface area contributed by atoms with Crippen LogP contribution in [0.15, 0.2) is 18.2 Å². The number of rotatable bonds is 2. The maximum Gasteiger partial charge on any atom is 0.136 e. The van der Waals surface area contributed by atoms with Gasteiger partial charge in [-0.15, -0.1) is 0 Å². The topological polar surface area (TPSA) is 33.0 Å². The Hall–Kier alpha value is -1.43. The lowest BCUT2D eigenvalue weighted by molar-refractivity contribution is 0.413. The van der Waals surface area contributed by atoms with Gasteiger partial charge in [0.2, 0.25) is 0 Å². The summed E-state index contributed by atoms with van der Waals surface area (Å²) < 4.78 is 5.06. The van der Waals surface area contributed by atoms with Gasteiger partial charge in [-0.1, -0.05) is 17.9 Å². The van der Waals surface area contributed by atoms with Crippen LogP contribution < -0.4 is 4.74 Å². The Morgan fingerprint density at radius 3 is 2.83 bits per heavy atom. The first-order chi connectivity index (χ1) is 5.81. The monoisotopic (exact) mass is 159 g/mol. The van der Waals surface area contributed by atoms with Gasteiger partial charge in [-0.2, -0.15) is 5.26 Å². The smallest absolute Gasteiger partial charge is 0.136 e. The second-order valence-corrected chi connectivity index (χ2v) is 2.50. The number of nitrogens with zero attached hydrogens (tertiary/aromatic N) is 1. The summed E-state index contributed by atoms with van der Waals surface area (Å²) in [5, 5.41) is 8.68. The Balaban J connectivity index is 3.13. The largest absolute Gasteiger partial charge is 0.495 e. The maximum absolute atomic E-state index is 8.68. The average Bonchev–Trinajstić information content (AvgIpc) is 2.16. The Morgan fingerprint density at radius 2 is 2.33 bits per heavy atom. The van der Waals surface area contributed by atoms with Crippen molar-refractivity contribution >= 4 is 7.85 Å². The van der Waals surface area contributed by atoms with Gasteiger partial charge in [-0.25, -0.2) is 0 Å². The van der Waals surface area contributed by atoms with Crippen LogP contribution in [-0.4, -0.2) is 15.0 Å². The van der Waals surface area contributed by atoms with Gasteiger partial charge < -0.3 is 4.74 Å². The minimum Gasteiger partial charge on any atom is -0.495 e.